The van der Waals surface area contributed by atoms with Crippen LogP contribution in [0.5, 0.6) is 0 Å². The lowest BCUT2D eigenvalue weighted by molar-refractivity contribution is -0.140. The van der Waals surface area contributed by atoms with E-state index < -0.39 is 5.91 Å². The number of carbonyl (C=O) groups is 2. The van der Waals surface area contributed by atoms with Gasteiger partial charge in [-0.1, -0.05) is 25.5 Å². The molecular formula is C16H23N3O2. The first-order valence-electron chi connectivity index (χ1n) is 7.39. The molecule has 5 heteroatoms. The van der Waals surface area contributed by atoms with Crippen molar-refractivity contribution in [1.82, 2.24) is 4.90 Å². The van der Waals surface area contributed by atoms with E-state index in [1.165, 1.54) is 0 Å². The van der Waals surface area contributed by atoms with E-state index in [4.69, 9.17) is 11.5 Å². The van der Waals surface area contributed by atoms with Crippen LogP contribution in [0.4, 0.5) is 5.69 Å². The Labute approximate surface area is 125 Å². The first-order valence-corrected chi connectivity index (χ1v) is 7.39. The third-order valence-electron chi connectivity index (χ3n) is 4.16. The molecule has 1 aromatic carbocycles. The SMILES string of the molecule is CC1CCCC1C(=O)N(CC(N)=O)Cc1cccc(N)c1. The number of hydrogen-bond donors (Lipinski definition) is 2. The van der Waals surface area contributed by atoms with Crippen LogP contribution in [0.15, 0.2) is 24.3 Å². The molecule has 0 radical (unpaired) electrons. The Balaban J connectivity index is 2.13. The topological polar surface area (TPSA) is 89.4 Å². The van der Waals surface area contributed by atoms with Gasteiger partial charge in [-0.25, -0.2) is 0 Å². The molecule has 2 rings (SSSR count). The highest BCUT2D eigenvalue weighted by atomic mass is 16.2. The summed E-state index contributed by atoms with van der Waals surface area (Å²) in [5, 5.41) is 0. The van der Waals surface area contributed by atoms with Crippen LogP contribution in [0.2, 0.25) is 0 Å². The van der Waals surface area contributed by atoms with Crippen LogP contribution in [0, 0.1) is 11.8 Å². The highest BCUT2D eigenvalue weighted by molar-refractivity contribution is 5.85. The van der Waals surface area contributed by atoms with Gasteiger partial charge in [-0.05, 0) is 36.5 Å². The number of primary amides is 1. The highest BCUT2D eigenvalue weighted by Crippen LogP contribution is 2.32. The van der Waals surface area contributed by atoms with Crippen molar-refractivity contribution in [3.8, 4) is 0 Å². The van der Waals surface area contributed by atoms with Crippen LogP contribution in [0.3, 0.4) is 0 Å². The standard InChI is InChI=1S/C16H23N3O2/c1-11-4-2-7-14(11)16(21)19(10-15(18)20)9-12-5-3-6-13(17)8-12/h3,5-6,8,11,14H,2,4,7,9-10,17H2,1H3,(H2,18,20). The zero-order valence-electron chi connectivity index (χ0n) is 12.4. The van der Waals surface area contributed by atoms with E-state index in [-0.39, 0.29) is 18.4 Å². The second-order valence-electron chi connectivity index (χ2n) is 5.92. The largest absolute Gasteiger partial charge is 0.399 e. The number of carbonyl (C=O) groups excluding carboxylic acids is 2. The number of hydrogen-bond acceptors (Lipinski definition) is 3. The number of nitrogens with two attached hydrogens (primary N) is 2. The predicted molar refractivity (Wildman–Crippen MR) is 82.0 cm³/mol. The van der Waals surface area contributed by atoms with E-state index in [9.17, 15) is 9.59 Å². The Morgan fingerprint density at radius 3 is 2.67 bits per heavy atom. The van der Waals surface area contributed by atoms with Gasteiger partial charge < -0.3 is 16.4 Å². The van der Waals surface area contributed by atoms with Crippen molar-refractivity contribution < 1.29 is 9.59 Å². The molecule has 1 aliphatic rings. The zero-order chi connectivity index (χ0) is 15.4. The van der Waals surface area contributed by atoms with Crippen molar-refractivity contribution in [3.05, 3.63) is 29.8 Å². The summed E-state index contributed by atoms with van der Waals surface area (Å²) in [6, 6.07) is 7.35. The van der Waals surface area contributed by atoms with Crippen LogP contribution in [-0.4, -0.2) is 23.3 Å². The maximum absolute atomic E-state index is 12.7. The molecule has 1 saturated carbocycles. The minimum absolute atomic E-state index is 0.00501. The second kappa shape index (κ2) is 6.61. The molecule has 0 spiro atoms. The van der Waals surface area contributed by atoms with Gasteiger partial charge in [-0.15, -0.1) is 0 Å². The van der Waals surface area contributed by atoms with Gasteiger partial charge in [0.05, 0.1) is 6.54 Å². The van der Waals surface area contributed by atoms with E-state index in [1.54, 1.807) is 11.0 Å². The lowest BCUT2D eigenvalue weighted by atomic mass is 9.96. The molecule has 4 N–H and O–H groups in total. The van der Waals surface area contributed by atoms with Crippen molar-refractivity contribution in [3.63, 3.8) is 0 Å². The molecule has 0 saturated heterocycles. The summed E-state index contributed by atoms with van der Waals surface area (Å²) >= 11 is 0. The molecule has 0 aliphatic heterocycles. The maximum atomic E-state index is 12.7. The average molecular weight is 289 g/mol. The molecule has 21 heavy (non-hydrogen) atoms. The van der Waals surface area contributed by atoms with Crippen molar-refractivity contribution in [2.45, 2.75) is 32.7 Å². The van der Waals surface area contributed by atoms with E-state index in [0.717, 1.165) is 24.8 Å². The number of nitrogens with zero attached hydrogens (tertiary/aromatic N) is 1. The van der Waals surface area contributed by atoms with E-state index in [2.05, 4.69) is 6.92 Å². The number of nitrogen functional groups attached to an aromatic ring is 1. The van der Waals surface area contributed by atoms with Crippen molar-refractivity contribution in [1.29, 1.82) is 0 Å². The molecule has 0 heterocycles. The monoisotopic (exact) mass is 289 g/mol. The van der Waals surface area contributed by atoms with Gasteiger partial charge >= 0.3 is 0 Å². The van der Waals surface area contributed by atoms with Crippen LogP contribution >= 0.6 is 0 Å². The van der Waals surface area contributed by atoms with E-state index >= 15 is 0 Å². The molecule has 1 aromatic rings. The van der Waals surface area contributed by atoms with Gasteiger partial charge in [0, 0.05) is 18.2 Å². The second-order valence-corrected chi connectivity index (χ2v) is 5.92. The molecule has 0 bridgehead atoms. The average Bonchev–Trinajstić information content (AvgIpc) is 2.83. The Morgan fingerprint density at radius 2 is 2.10 bits per heavy atom. The van der Waals surface area contributed by atoms with Crippen LogP contribution < -0.4 is 11.5 Å². The minimum Gasteiger partial charge on any atom is -0.399 e. The summed E-state index contributed by atoms with van der Waals surface area (Å²) in [6.07, 6.45) is 3.03. The smallest absolute Gasteiger partial charge is 0.237 e. The summed E-state index contributed by atoms with van der Waals surface area (Å²) in [5.74, 6) is -0.0849. The Morgan fingerprint density at radius 1 is 1.33 bits per heavy atom. The predicted octanol–water partition coefficient (Wildman–Crippen LogP) is 1.52. The van der Waals surface area contributed by atoms with Crippen molar-refractivity contribution >= 4 is 17.5 Å². The van der Waals surface area contributed by atoms with Gasteiger partial charge in [0.1, 0.15) is 0 Å². The minimum atomic E-state index is -0.488. The normalized spacial score (nSPS) is 21.2. The first kappa shape index (κ1) is 15.4. The third-order valence-corrected chi connectivity index (χ3v) is 4.16. The molecule has 114 valence electrons. The maximum Gasteiger partial charge on any atom is 0.237 e. The molecule has 5 nitrogen and oxygen atoms in total. The fourth-order valence-corrected chi connectivity index (χ4v) is 3.06. The Bertz CT molecular complexity index is 530. The fourth-order valence-electron chi connectivity index (χ4n) is 3.06. The molecule has 2 unspecified atom stereocenters. The van der Waals surface area contributed by atoms with Crippen LogP contribution in [-0.2, 0) is 16.1 Å². The number of amides is 2. The molecule has 2 atom stereocenters. The number of rotatable bonds is 5. The van der Waals surface area contributed by atoms with E-state index in [0.29, 0.717) is 18.2 Å². The molecule has 2 amide bonds. The first-order chi connectivity index (χ1) is 9.97. The Kier molecular flexibility index (Phi) is 4.83. The Hall–Kier alpha value is -2.04. The van der Waals surface area contributed by atoms with Crippen molar-refractivity contribution in [2.75, 3.05) is 12.3 Å². The van der Waals surface area contributed by atoms with E-state index in [1.807, 2.05) is 18.2 Å². The fraction of sp³-hybridized carbons (Fsp3) is 0.500. The van der Waals surface area contributed by atoms with Gasteiger partial charge in [0.2, 0.25) is 11.8 Å². The van der Waals surface area contributed by atoms with Gasteiger partial charge in [0.15, 0.2) is 0 Å². The summed E-state index contributed by atoms with van der Waals surface area (Å²) in [7, 11) is 0. The highest BCUT2D eigenvalue weighted by Gasteiger charge is 2.33. The summed E-state index contributed by atoms with van der Waals surface area (Å²) < 4.78 is 0. The third kappa shape index (κ3) is 3.97. The molecular weight excluding hydrogens is 266 g/mol. The van der Waals surface area contributed by atoms with Gasteiger partial charge in [-0.2, -0.15) is 0 Å². The number of benzene rings is 1. The number of anilines is 1. The lowest BCUT2D eigenvalue weighted by Gasteiger charge is -2.26. The molecule has 1 fully saturated rings. The van der Waals surface area contributed by atoms with Gasteiger partial charge in [0.25, 0.3) is 0 Å². The summed E-state index contributed by atoms with van der Waals surface area (Å²) in [5.41, 5.74) is 12.6. The van der Waals surface area contributed by atoms with Gasteiger partial charge in [-0.3, -0.25) is 9.59 Å². The van der Waals surface area contributed by atoms with Crippen LogP contribution in [0.1, 0.15) is 31.7 Å². The quantitative estimate of drug-likeness (QED) is 0.805. The molecule has 1 aliphatic carbocycles. The molecule has 0 aromatic heterocycles. The van der Waals surface area contributed by atoms with Crippen LogP contribution in [0.25, 0.3) is 0 Å². The van der Waals surface area contributed by atoms with Crippen molar-refractivity contribution in [2.24, 2.45) is 17.6 Å². The summed E-state index contributed by atoms with van der Waals surface area (Å²) in [4.78, 5) is 25.5. The zero-order valence-corrected chi connectivity index (χ0v) is 12.4. The summed E-state index contributed by atoms with van der Waals surface area (Å²) in [6.45, 7) is 2.42. The lowest BCUT2D eigenvalue weighted by Crippen LogP contribution is -2.41.